The molecule has 3 unspecified atom stereocenters. The van der Waals surface area contributed by atoms with Gasteiger partial charge in [0, 0.05) is 17.1 Å². The van der Waals surface area contributed by atoms with Gasteiger partial charge in [0.2, 0.25) is 0 Å². The maximum atomic E-state index is 11.1. The Balaban J connectivity index is 1.45. The van der Waals surface area contributed by atoms with Crippen LogP contribution in [0.25, 0.3) is 0 Å². The Morgan fingerprint density at radius 3 is 2.41 bits per heavy atom. The van der Waals surface area contributed by atoms with E-state index in [9.17, 15) is 15.3 Å². The third-order valence-electron chi connectivity index (χ3n) is 10.7. The van der Waals surface area contributed by atoms with E-state index in [0.717, 1.165) is 44.3 Å². The van der Waals surface area contributed by atoms with Gasteiger partial charge in [0.15, 0.2) is 0 Å². The molecule has 0 aliphatic heterocycles. The molecule has 0 aromatic carbocycles. The molecule has 3 nitrogen and oxygen atoms in total. The van der Waals surface area contributed by atoms with Crippen LogP contribution in [0.5, 0.6) is 0 Å². The maximum Gasteiger partial charge on any atom is 0.0661 e. The average Bonchev–Trinajstić information content (AvgIpc) is 3.12. The third-order valence-corrected chi connectivity index (χ3v) is 12.0. The number of rotatable bonds is 9. The second-order valence-corrected chi connectivity index (χ2v) is 14.1. The molecule has 4 rings (SSSR count). The van der Waals surface area contributed by atoms with Gasteiger partial charge in [-0.15, -0.1) is 0 Å². The number of aliphatic hydroxyl groups excluding tert-OH is 2. The summed E-state index contributed by atoms with van der Waals surface area (Å²) in [6.07, 6.45) is 14.9. The minimum Gasteiger partial charge on any atom is -0.393 e. The predicted molar refractivity (Wildman–Crippen MR) is 144 cm³/mol. The molecule has 4 aliphatic rings. The fourth-order valence-electron chi connectivity index (χ4n) is 8.72. The molecule has 3 N–H and O–H groups in total. The van der Waals surface area contributed by atoms with Gasteiger partial charge in [-0.05, 0) is 80.3 Å². The Bertz CT molecular complexity index is 784. The standard InChI is InChI=1S/C30H50O3S/c1-6-13-30(33,14-7-2)16-17-34-20(3)24-10-11-25-23-9-8-21-18-22(31)19-27(32)29(21,5)26(23)12-15-28(24,25)4/h8-9,20,22,24-27,31-33H,6-7,10-19H2,1-5H3/t20?,22?,24-,25+,26+,27?,28-,29+/m1/s1. The van der Waals surface area contributed by atoms with Crippen LogP contribution in [-0.2, 0) is 0 Å². The summed E-state index contributed by atoms with van der Waals surface area (Å²) in [5, 5.41) is 33.0. The quantitative estimate of drug-likeness (QED) is 0.338. The molecule has 0 aromatic heterocycles. The summed E-state index contributed by atoms with van der Waals surface area (Å²) in [5.74, 6) is 2.81. The Morgan fingerprint density at radius 2 is 1.74 bits per heavy atom. The Hall–Kier alpha value is -0.290. The summed E-state index contributed by atoms with van der Waals surface area (Å²) >= 11 is 2.09. The lowest BCUT2D eigenvalue weighted by atomic mass is 9.49. The van der Waals surface area contributed by atoms with Crippen LogP contribution in [0.1, 0.15) is 105 Å². The smallest absolute Gasteiger partial charge is 0.0661 e. The highest BCUT2D eigenvalue weighted by atomic mass is 32.2. The number of aliphatic hydroxyl groups is 3. The van der Waals surface area contributed by atoms with Crippen LogP contribution in [0.2, 0.25) is 0 Å². The van der Waals surface area contributed by atoms with Crippen molar-refractivity contribution in [3.05, 3.63) is 23.3 Å². The van der Waals surface area contributed by atoms with Gasteiger partial charge in [-0.25, -0.2) is 0 Å². The first-order valence-electron chi connectivity index (χ1n) is 14.2. The molecule has 0 radical (unpaired) electrons. The van der Waals surface area contributed by atoms with E-state index >= 15 is 0 Å². The monoisotopic (exact) mass is 490 g/mol. The zero-order chi connectivity index (χ0) is 24.7. The minimum absolute atomic E-state index is 0.202. The predicted octanol–water partition coefficient (Wildman–Crippen LogP) is 6.66. The van der Waals surface area contributed by atoms with Crippen molar-refractivity contribution >= 4 is 11.8 Å². The Labute approximate surface area is 212 Å². The lowest BCUT2D eigenvalue weighted by Crippen LogP contribution is -2.52. The van der Waals surface area contributed by atoms with E-state index in [1.54, 1.807) is 5.57 Å². The van der Waals surface area contributed by atoms with Gasteiger partial charge in [0.1, 0.15) is 0 Å². The summed E-state index contributed by atoms with van der Waals surface area (Å²) in [5.41, 5.74) is 2.51. The molecular weight excluding hydrogens is 440 g/mol. The van der Waals surface area contributed by atoms with Gasteiger partial charge in [-0.1, -0.05) is 70.8 Å². The van der Waals surface area contributed by atoms with E-state index < -0.39 is 17.8 Å². The maximum absolute atomic E-state index is 11.1. The molecular formula is C30H50O3S. The third kappa shape index (κ3) is 4.59. The summed E-state index contributed by atoms with van der Waals surface area (Å²) in [6, 6.07) is 0. The molecule has 0 bridgehead atoms. The van der Waals surface area contributed by atoms with E-state index in [1.165, 1.54) is 24.8 Å². The fraction of sp³-hybridized carbons (Fsp3) is 0.867. The van der Waals surface area contributed by atoms with Crippen molar-refractivity contribution in [2.75, 3.05) is 5.75 Å². The van der Waals surface area contributed by atoms with Gasteiger partial charge in [-0.3, -0.25) is 0 Å². The van der Waals surface area contributed by atoms with Crippen LogP contribution in [0, 0.1) is 28.6 Å². The molecule has 0 spiro atoms. The number of thioether (sulfide) groups is 1. The number of fused-ring (bicyclic) bond motifs is 5. The van der Waals surface area contributed by atoms with Crippen molar-refractivity contribution in [2.24, 2.45) is 28.6 Å². The first kappa shape index (κ1) is 26.8. The Morgan fingerprint density at radius 1 is 1.03 bits per heavy atom. The van der Waals surface area contributed by atoms with Crippen LogP contribution in [-0.4, -0.2) is 44.1 Å². The van der Waals surface area contributed by atoms with Gasteiger partial charge < -0.3 is 15.3 Å². The van der Waals surface area contributed by atoms with E-state index in [4.69, 9.17) is 0 Å². The number of hydrogen-bond donors (Lipinski definition) is 3. The molecule has 0 saturated heterocycles. The van der Waals surface area contributed by atoms with Crippen LogP contribution in [0.15, 0.2) is 23.3 Å². The second kappa shape index (κ2) is 10.2. The van der Waals surface area contributed by atoms with Crippen molar-refractivity contribution in [3.8, 4) is 0 Å². The summed E-state index contributed by atoms with van der Waals surface area (Å²) in [4.78, 5) is 0. The summed E-state index contributed by atoms with van der Waals surface area (Å²) < 4.78 is 0. The lowest BCUT2D eigenvalue weighted by molar-refractivity contribution is -0.0526. The van der Waals surface area contributed by atoms with Gasteiger partial charge in [-0.2, -0.15) is 11.8 Å². The van der Waals surface area contributed by atoms with E-state index in [2.05, 4.69) is 58.5 Å². The molecule has 3 saturated carbocycles. The van der Waals surface area contributed by atoms with Crippen molar-refractivity contribution in [1.82, 2.24) is 0 Å². The minimum atomic E-state index is -0.475. The van der Waals surface area contributed by atoms with E-state index in [-0.39, 0.29) is 5.41 Å². The summed E-state index contributed by atoms with van der Waals surface area (Å²) in [6.45, 7) is 11.6. The fourth-order valence-corrected chi connectivity index (χ4v) is 10.3. The molecule has 3 fully saturated rings. The van der Waals surface area contributed by atoms with Gasteiger partial charge >= 0.3 is 0 Å². The van der Waals surface area contributed by atoms with Crippen LogP contribution in [0.3, 0.4) is 0 Å². The van der Waals surface area contributed by atoms with Gasteiger partial charge in [0.25, 0.3) is 0 Å². The van der Waals surface area contributed by atoms with E-state index in [1.807, 2.05) is 0 Å². The van der Waals surface area contributed by atoms with Gasteiger partial charge in [0.05, 0.1) is 17.8 Å². The van der Waals surface area contributed by atoms with E-state index in [0.29, 0.717) is 41.3 Å². The molecule has 34 heavy (non-hydrogen) atoms. The molecule has 8 atom stereocenters. The molecule has 0 aromatic rings. The Kier molecular flexibility index (Phi) is 8.05. The summed E-state index contributed by atoms with van der Waals surface area (Å²) in [7, 11) is 0. The topological polar surface area (TPSA) is 60.7 Å². The highest BCUT2D eigenvalue weighted by Crippen LogP contribution is 2.66. The largest absolute Gasteiger partial charge is 0.393 e. The highest BCUT2D eigenvalue weighted by molar-refractivity contribution is 7.99. The first-order valence-corrected chi connectivity index (χ1v) is 15.2. The van der Waals surface area contributed by atoms with Crippen molar-refractivity contribution < 1.29 is 15.3 Å². The highest BCUT2D eigenvalue weighted by Gasteiger charge is 2.58. The molecule has 4 aliphatic carbocycles. The van der Waals surface area contributed by atoms with Crippen LogP contribution >= 0.6 is 11.8 Å². The first-order chi connectivity index (χ1) is 16.1. The molecule has 0 amide bonds. The van der Waals surface area contributed by atoms with Crippen LogP contribution < -0.4 is 0 Å². The van der Waals surface area contributed by atoms with Crippen molar-refractivity contribution in [3.63, 3.8) is 0 Å². The molecule has 4 heteroatoms. The normalized spacial score (nSPS) is 40.6. The second-order valence-electron chi connectivity index (χ2n) is 12.6. The lowest BCUT2D eigenvalue weighted by Gasteiger charge is -2.56. The van der Waals surface area contributed by atoms with Crippen LogP contribution in [0.4, 0.5) is 0 Å². The SMILES string of the molecule is CCCC(O)(CCC)CCSC(C)[C@H]1CC[C@H]2C3=CC=C4CC(O)CC(O)[C@]4(C)[C@H]3CC[C@]12C. The average molecular weight is 491 g/mol. The zero-order valence-electron chi connectivity index (χ0n) is 22.4. The van der Waals surface area contributed by atoms with Crippen molar-refractivity contribution in [1.29, 1.82) is 0 Å². The zero-order valence-corrected chi connectivity index (χ0v) is 23.2. The molecule has 194 valence electrons. The number of allylic oxidation sites excluding steroid dienone is 3. The molecule has 0 heterocycles. The number of hydrogen-bond acceptors (Lipinski definition) is 4. The van der Waals surface area contributed by atoms with Crippen molar-refractivity contribution in [2.45, 2.75) is 128 Å².